The van der Waals surface area contributed by atoms with Crippen molar-refractivity contribution in [1.82, 2.24) is 9.97 Å². The molecule has 6 heteroatoms. The summed E-state index contributed by atoms with van der Waals surface area (Å²) in [7, 11) is -0.843. The number of hydrogen-bond acceptors (Lipinski definition) is 5. The van der Waals surface area contributed by atoms with Crippen LogP contribution in [0.1, 0.15) is 20.3 Å². The van der Waals surface area contributed by atoms with Gasteiger partial charge in [-0.15, -0.1) is 0 Å². The van der Waals surface area contributed by atoms with Crippen LogP contribution in [0, 0.1) is 0 Å². The second-order valence-corrected chi connectivity index (χ2v) is 5.56. The lowest BCUT2D eigenvalue weighted by Crippen LogP contribution is -2.21. The molecule has 2 unspecified atom stereocenters. The third-order valence-corrected chi connectivity index (χ3v) is 3.50. The lowest BCUT2D eigenvalue weighted by atomic mass is 10.5. The average molecular weight is 257 g/mol. The Bertz CT molecular complexity index is 373. The highest BCUT2D eigenvalue weighted by molar-refractivity contribution is 7.84. The molecule has 1 heterocycles. The van der Waals surface area contributed by atoms with Gasteiger partial charge in [-0.05, 0) is 13.3 Å². The summed E-state index contributed by atoms with van der Waals surface area (Å²) in [6.45, 7) is 5.19. The molecule has 0 bridgehead atoms. The monoisotopic (exact) mass is 257 g/mol. The second kappa shape index (κ2) is 7.21. The second-order valence-electron chi connectivity index (χ2n) is 3.76. The third-order valence-electron chi connectivity index (χ3n) is 2.20. The molecule has 1 N–H and O–H groups in total. The molecule has 96 valence electrons. The van der Waals surface area contributed by atoms with Crippen LogP contribution in [0.2, 0.25) is 0 Å². The molecule has 17 heavy (non-hydrogen) atoms. The van der Waals surface area contributed by atoms with Gasteiger partial charge in [-0.3, -0.25) is 4.21 Å². The van der Waals surface area contributed by atoms with Crippen molar-refractivity contribution in [3.05, 3.63) is 12.3 Å². The van der Waals surface area contributed by atoms with Crippen molar-refractivity contribution in [2.24, 2.45) is 0 Å². The van der Waals surface area contributed by atoms with Gasteiger partial charge in [0.2, 0.25) is 11.8 Å². The van der Waals surface area contributed by atoms with E-state index in [0.29, 0.717) is 25.0 Å². The van der Waals surface area contributed by atoms with Gasteiger partial charge >= 0.3 is 0 Å². The van der Waals surface area contributed by atoms with Crippen LogP contribution in [0.25, 0.3) is 0 Å². The van der Waals surface area contributed by atoms with E-state index in [1.54, 1.807) is 18.5 Å². The maximum atomic E-state index is 11.2. The summed E-state index contributed by atoms with van der Waals surface area (Å²) in [6, 6.07) is 1.72. The van der Waals surface area contributed by atoms with E-state index >= 15 is 0 Å². The molecule has 2 atom stereocenters. The van der Waals surface area contributed by atoms with E-state index in [2.05, 4.69) is 15.3 Å². The van der Waals surface area contributed by atoms with Crippen LogP contribution in [0.3, 0.4) is 0 Å². The van der Waals surface area contributed by atoms with Crippen LogP contribution in [0.4, 0.5) is 5.95 Å². The number of rotatable bonds is 7. The smallest absolute Gasteiger partial charge is 0.225 e. The zero-order valence-corrected chi connectivity index (χ0v) is 11.3. The predicted molar refractivity (Wildman–Crippen MR) is 69.8 cm³/mol. The van der Waals surface area contributed by atoms with Crippen molar-refractivity contribution in [2.45, 2.75) is 25.5 Å². The molecule has 0 fully saturated rings. The Morgan fingerprint density at radius 2 is 2.35 bits per heavy atom. The Labute approximate surface area is 104 Å². The van der Waals surface area contributed by atoms with Crippen molar-refractivity contribution in [2.75, 3.05) is 24.7 Å². The first-order valence-corrected chi connectivity index (χ1v) is 7.27. The molecular formula is C11H19N3O2S. The summed E-state index contributed by atoms with van der Waals surface area (Å²) in [4.78, 5) is 8.28. The van der Waals surface area contributed by atoms with Crippen LogP contribution in [-0.2, 0) is 10.8 Å². The van der Waals surface area contributed by atoms with Gasteiger partial charge in [-0.25, -0.2) is 4.98 Å². The van der Waals surface area contributed by atoms with Gasteiger partial charge in [-0.1, -0.05) is 6.92 Å². The SMILES string of the molecule is CCCOc1ccnc(NCC(C)S(C)=O)n1. The van der Waals surface area contributed by atoms with Crippen LogP contribution >= 0.6 is 0 Å². The van der Waals surface area contributed by atoms with Crippen molar-refractivity contribution in [3.63, 3.8) is 0 Å². The first-order valence-electron chi connectivity index (χ1n) is 5.65. The molecule has 0 amide bonds. The van der Waals surface area contributed by atoms with Crippen molar-refractivity contribution in [1.29, 1.82) is 0 Å². The number of hydrogen-bond donors (Lipinski definition) is 1. The Balaban J connectivity index is 2.50. The van der Waals surface area contributed by atoms with E-state index in [4.69, 9.17) is 4.74 Å². The molecule has 0 aliphatic carbocycles. The normalized spacial score (nSPS) is 14.1. The fourth-order valence-corrected chi connectivity index (χ4v) is 1.38. The zero-order chi connectivity index (χ0) is 12.7. The summed E-state index contributed by atoms with van der Waals surface area (Å²) in [6.07, 6.45) is 4.28. The lowest BCUT2D eigenvalue weighted by molar-refractivity contribution is 0.305. The fourth-order valence-electron chi connectivity index (χ4n) is 1.07. The van der Waals surface area contributed by atoms with Gasteiger partial charge in [0.05, 0.1) is 6.61 Å². The molecule has 1 aromatic rings. The number of nitrogens with one attached hydrogen (secondary N) is 1. The summed E-state index contributed by atoms with van der Waals surface area (Å²) >= 11 is 0. The molecule has 0 aliphatic rings. The van der Waals surface area contributed by atoms with Crippen LogP contribution in [0.15, 0.2) is 12.3 Å². The molecule has 1 aromatic heterocycles. The Kier molecular flexibility index (Phi) is 5.90. The molecule has 1 rings (SSSR count). The van der Waals surface area contributed by atoms with Gasteiger partial charge in [0.1, 0.15) is 0 Å². The largest absolute Gasteiger partial charge is 0.478 e. The number of aromatic nitrogens is 2. The Morgan fingerprint density at radius 3 is 3.00 bits per heavy atom. The van der Waals surface area contributed by atoms with Gasteiger partial charge in [0.25, 0.3) is 0 Å². The number of nitrogens with zero attached hydrogens (tertiary/aromatic N) is 2. The maximum Gasteiger partial charge on any atom is 0.225 e. The molecule has 0 aliphatic heterocycles. The minimum Gasteiger partial charge on any atom is -0.478 e. The van der Waals surface area contributed by atoms with Gasteiger partial charge in [0, 0.05) is 41.1 Å². The highest BCUT2D eigenvalue weighted by atomic mass is 32.2. The standard InChI is InChI=1S/C11H19N3O2S/c1-4-7-16-10-5-6-12-11(14-10)13-8-9(2)17(3)15/h5-6,9H,4,7-8H2,1-3H3,(H,12,13,14). The molecule has 5 nitrogen and oxygen atoms in total. The molecule has 0 spiro atoms. The first kappa shape index (κ1) is 13.9. The maximum absolute atomic E-state index is 11.2. The van der Waals surface area contributed by atoms with Crippen molar-refractivity contribution >= 4 is 16.7 Å². The average Bonchev–Trinajstić information content (AvgIpc) is 2.33. The van der Waals surface area contributed by atoms with Crippen molar-refractivity contribution in [3.8, 4) is 5.88 Å². The molecule has 0 saturated heterocycles. The summed E-state index contributed by atoms with van der Waals surface area (Å²) in [5.74, 6) is 1.07. The minimum atomic E-state index is -0.843. The van der Waals surface area contributed by atoms with E-state index in [-0.39, 0.29) is 5.25 Å². The zero-order valence-electron chi connectivity index (χ0n) is 10.5. The molecular weight excluding hydrogens is 238 g/mol. The summed E-state index contributed by atoms with van der Waals surface area (Å²) in [5, 5.41) is 3.12. The highest BCUT2D eigenvalue weighted by Gasteiger charge is 2.07. The quantitative estimate of drug-likeness (QED) is 0.801. The van der Waals surface area contributed by atoms with Crippen LogP contribution in [0.5, 0.6) is 5.88 Å². The highest BCUT2D eigenvalue weighted by Crippen LogP contribution is 2.08. The molecule has 0 aromatic carbocycles. The summed E-state index contributed by atoms with van der Waals surface area (Å²) in [5.41, 5.74) is 0. The van der Waals surface area contributed by atoms with Crippen molar-refractivity contribution < 1.29 is 8.95 Å². The first-order chi connectivity index (χ1) is 8.13. The van der Waals surface area contributed by atoms with E-state index in [0.717, 1.165) is 6.42 Å². The van der Waals surface area contributed by atoms with Gasteiger partial charge < -0.3 is 10.1 Å². The fraction of sp³-hybridized carbons (Fsp3) is 0.636. The number of ether oxygens (including phenoxy) is 1. The molecule has 0 radical (unpaired) electrons. The third kappa shape index (κ3) is 5.12. The van der Waals surface area contributed by atoms with Crippen LogP contribution < -0.4 is 10.1 Å². The van der Waals surface area contributed by atoms with E-state index in [1.165, 1.54) is 0 Å². The Hall–Kier alpha value is -1.17. The van der Waals surface area contributed by atoms with Gasteiger partial charge in [0.15, 0.2) is 0 Å². The van der Waals surface area contributed by atoms with E-state index < -0.39 is 10.8 Å². The minimum absolute atomic E-state index is 0.0683. The van der Waals surface area contributed by atoms with E-state index in [1.807, 2.05) is 13.8 Å². The molecule has 0 saturated carbocycles. The lowest BCUT2D eigenvalue weighted by Gasteiger charge is -2.10. The predicted octanol–water partition coefficient (Wildman–Crippen LogP) is 1.44. The summed E-state index contributed by atoms with van der Waals surface area (Å²) < 4.78 is 16.6. The van der Waals surface area contributed by atoms with Gasteiger partial charge in [-0.2, -0.15) is 4.98 Å². The van der Waals surface area contributed by atoms with Crippen LogP contribution in [-0.4, -0.2) is 38.8 Å². The van der Waals surface area contributed by atoms with E-state index in [9.17, 15) is 4.21 Å². The number of anilines is 1. The Morgan fingerprint density at radius 1 is 1.59 bits per heavy atom. The topological polar surface area (TPSA) is 64.1 Å².